The van der Waals surface area contributed by atoms with Crippen molar-refractivity contribution in [1.82, 2.24) is 14.7 Å². The van der Waals surface area contributed by atoms with E-state index >= 15 is 0 Å². The van der Waals surface area contributed by atoms with Crippen LogP contribution in [0.1, 0.15) is 54.2 Å². The Kier molecular flexibility index (Phi) is 3.81. The molecule has 4 nitrogen and oxygen atoms in total. The average Bonchev–Trinajstić information content (AvgIpc) is 2.79. The molecule has 0 spiro atoms. The molecule has 0 aliphatic carbocycles. The monoisotopic (exact) mass is 285 g/mol. The Morgan fingerprint density at radius 3 is 2.81 bits per heavy atom. The first kappa shape index (κ1) is 14.3. The van der Waals surface area contributed by atoms with Crippen LogP contribution in [-0.2, 0) is 0 Å². The van der Waals surface area contributed by atoms with Crippen molar-refractivity contribution in [2.24, 2.45) is 5.92 Å². The number of fused-ring (bicyclic) bond motifs is 1. The van der Waals surface area contributed by atoms with Gasteiger partial charge in [-0.2, -0.15) is 0 Å². The lowest BCUT2D eigenvalue weighted by atomic mass is 9.82. The highest BCUT2D eigenvalue weighted by atomic mass is 16.1. The number of carbonyl (C=O) groups excluding carboxylic acids is 1. The predicted molar refractivity (Wildman–Crippen MR) is 83.9 cm³/mol. The van der Waals surface area contributed by atoms with E-state index in [9.17, 15) is 4.79 Å². The van der Waals surface area contributed by atoms with E-state index in [2.05, 4.69) is 28.5 Å². The summed E-state index contributed by atoms with van der Waals surface area (Å²) in [5.74, 6) is 1.26. The number of nitrogens with one attached hydrogen (secondary N) is 1. The average molecular weight is 285 g/mol. The Morgan fingerprint density at radius 2 is 2.14 bits per heavy atom. The van der Waals surface area contributed by atoms with Crippen molar-refractivity contribution in [3.8, 4) is 0 Å². The molecule has 0 saturated carbocycles. The number of rotatable bonds is 3. The van der Waals surface area contributed by atoms with Crippen LogP contribution in [0.3, 0.4) is 0 Å². The number of ketones is 1. The molecule has 2 aromatic rings. The molecule has 1 fully saturated rings. The Hall–Kier alpha value is -1.68. The molecule has 4 heteroatoms. The molecule has 3 heterocycles. The molecule has 1 saturated heterocycles. The maximum atomic E-state index is 12.0. The van der Waals surface area contributed by atoms with E-state index in [-0.39, 0.29) is 5.78 Å². The van der Waals surface area contributed by atoms with E-state index in [1.165, 1.54) is 18.5 Å². The van der Waals surface area contributed by atoms with Crippen LogP contribution in [0.25, 0.3) is 5.52 Å². The van der Waals surface area contributed by atoms with E-state index < -0.39 is 0 Å². The summed E-state index contributed by atoms with van der Waals surface area (Å²) in [5.41, 5.74) is 4.18. The number of piperidine rings is 1. The van der Waals surface area contributed by atoms with Crippen LogP contribution in [-0.4, -0.2) is 28.3 Å². The highest BCUT2D eigenvalue weighted by Crippen LogP contribution is 2.36. The van der Waals surface area contributed by atoms with Gasteiger partial charge in [0.1, 0.15) is 0 Å². The van der Waals surface area contributed by atoms with Gasteiger partial charge in [0.25, 0.3) is 0 Å². The van der Waals surface area contributed by atoms with Crippen molar-refractivity contribution in [1.29, 1.82) is 0 Å². The topological polar surface area (TPSA) is 46.4 Å². The van der Waals surface area contributed by atoms with Crippen LogP contribution in [0.2, 0.25) is 0 Å². The molecule has 1 aliphatic heterocycles. The predicted octanol–water partition coefficient (Wildman–Crippen LogP) is 2.95. The van der Waals surface area contributed by atoms with Crippen molar-refractivity contribution < 1.29 is 4.79 Å². The van der Waals surface area contributed by atoms with E-state index in [1.54, 1.807) is 13.1 Å². The molecule has 21 heavy (non-hydrogen) atoms. The van der Waals surface area contributed by atoms with Crippen molar-refractivity contribution in [2.45, 2.75) is 39.5 Å². The molecule has 3 rings (SSSR count). The van der Waals surface area contributed by atoms with Crippen LogP contribution in [0, 0.1) is 12.8 Å². The summed E-state index contributed by atoms with van der Waals surface area (Å²) >= 11 is 0. The van der Waals surface area contributed by atoms with Gasteiger partial charge in [-0.05, 0) is 57.2 Å². The second kappa shape index (κ2) is 5.60. The summed E-state index contributed by atoms with van der Waals surface area (Å²) in [4.78, 5) is 16.2. The lowest BCUT2D eigenvalue weighted by molar-refractivity contribution is 0.101. The van der Waals surface area contributed by atoms with Gasteiger partial charge in [-0.3, -0.25) is 9.78 Å². The van der Waals surface area contributed by atoms with E-state index in [1.807, 2.05) is 12.4 Å². The van der Waals surface area contributed by atoms with Crippen molar-refractivity contribution >= 4 is 11.3 Å². The van der Waals surface area contributed by atoms with Gasteiger partial charge >= 0.3 is 0 Å². The fraction of sp³-hybridized carbons (Fsp3) is 0.529. The molecular weight excluding hydrogens is 262 g/mol. The van der Waals surface area contributed by atoms with Gasteiger partial charge in [-0.15, -0.1) is 0 Å². The summed E-state index contributed by atoms with van der Waals surface area (Å²) in [7, 11) is 0. The van der Waals surface area contributed by atoms with Gasteiger partial charge in [-0.1, -0.05) is 6.92 Å². The van der Waals surface area contributed by atoms with E-state index in [4.69, 9.17) is 0 Å². The van der Waals surface area contributed by atoms with Gasteiger partial charge in [0, 0.05) is 23.7 Å². The maximum Gasteiger partial charge on any atom is 0.162 e. The summed E-state index contributed by atoms with van der Waals surface area (Å²) in [6.07, 6.45) is 8.00. The van der Waals surface area contributed by atoms with Gasteiger partial charge in [-0.25, -0.2) is 0 Å². The lowest BCUT2D eigenvalue weighted by Gasteiger charge is -2.29. The quantitative estimate of drug-likeness (QED) is 0.882. The second-order valence-corrected chi connectivity index (χ2v) is 6.15. The van der Waals surface area contributed by atoms with Crippen molar-refractivity contribution in [3.63, 3.8) is 0 Å². The van der Waals surface area contributed by atoms with Crippen LogP contribution in [0.5, 0.6) is 0 Å². The molecule has 112 valence electrons. The molecule has 0 radical (unpaired) electrons. The zero-order valence-corrected chi connectivity index (χ0v) is 13.0. The highest BCUT2D eigenvalue weighted by Gasteiger charge is 2.27. The van der Waals surface area contributed by atoms with Crippen LogP contribution in [0.4, 0.5) is 0 Å². The molecule has 1 atom stereocenters. The fourth-order valence-electron chi connectivity index (χ4n) is 3.83. The zero-order valence-electron chi connectivity index (χ0n) is 13.0. The number of Topliss-reactive ketones (excluding diaryl/α,β-unsaturated/α-hetero) is 1. The van der Waals surface area contributed by atoms with Crippen LogP contribution >= 0.6 is 0 Å². The second-order valence-electron chi connectivity index (χ2n) is 6.15. The summed E-state index contributed by atoms with van der Waals surface area (Å²) < 4.78 is 2.17. The minimum Gasteiger partial charge on any atom is -0.317 e. The van der Waals surface area contributed by atoms with Gasteiger partial charge in [0.15, 0.2) is 5.78 Å². The first-order valence-electron chi connectivity index (χ1n) is 7.77. The highest BCUT2D eigenvalue weighted by molar-refractivity contribution is 6.02. The number of carbonyl (C=O) groups is 1. The third-order valence-corrected chi connectivity index (χ3v) is 4.91. The minimum absolute atomic E-state index is 0.127. The maximum absolute atomic E-state index is 12.0. The molecule has 0 aromatic carbocycles. The van der Waals surface area contributed by atoms with Crippen LogP contribution in [0.15, 0.2) is 18.6 Å². The number of nitrogens with zero attached hydrogens (tertiary/aromatic N) is 2. The minimum atomic E-state index is 0.127. The summed E-state index contributed by atoms with van der Waals surface area (Å²) in [6, 6.07) is 0. The van der Waals surface area contributed by atoms with Gasteiger partial charge in [0.2, 0.25) is 0 Å². The molecular formula is C17H23N3O. The first-order chi connectivity index (χ1) is 10.1. The van der Waals surface area contributed by atoms with E-state index in [0.29, 0.717) is 11.8 Å². The molecule has 0 amide bonds. The number of aromatic nitrogens is 2. The standard InChI is InChI=1S/C17H23N3O/c1-11(14-4-6-18-7-5-14)17-12(2)16(13(3)21)15-10-19-8-9-20(15)17/h8-11,14,18H,4-7H2,1-3H3. The third-order valence-electron chi connectivity index (χ3n) is 4.91. The Bertz CT molecular complexity index is 668. The van der Waals surface area contributed by atoms with Gasteiger partial charge < -0.3 is 9.72 Å². The fourth-order valence-corrected chi connectivity index (χ4v) is 3.83. The third kappa shape index (κ3) is 2.38. The normalized spacial score (nSPS) is 18.0. The molecule has 2 aromatic heterocycles. The Labute approximate surface area is 125 Å². The molecule has 1 unspecified atom stereocenters. The lowest BCUT2D eigenvalue weighted by Crippen LogP contribution is -2.30. The van der Waals surface area contributed by atoms with E-state index in [0.717, 1.165) is 29.7 Å². The first-order valence-corrected chi connectivity index (χ1v) is 7.77. The Morgan fingerprint density at radius 1 is 1.43 bits per heavy atom. The number of hydrogen-bond donors (Lipinski definition) is 1. The molecule has 1 aliphatic rings. The smallest absolute Gasteiger partial charge is 0.162 e. The summed E-state index contributed by atoms with van der Waals surface area (Å²) in [6.45, 7) is 8.22. The van der Waals surface area contributed by atoms with Crippen LogP contribution < -0.4 is 5.32 Å². The SMILES string of the molecule is CC(=O)c1c(C)c(C(C)C2CCNCC2)n2ccncc12. The molecule has 1 N–H and O–H groups in total. The Balaban J connectivity index is 2.13. The van der Waals surface area contributed by atoms with Gasteiger partial charge in [0.05, 0.1) is 11.7 Å². The zero-order chi connectivity index (χ0) is 15.0. The summed E-state index contributed by atoms with van der Waals surface area (Å²) in [5, 5.41) is 3.43. The number of hydrogen-bond acceptors (Lipinski definition) is 3. The van der Waals surface area contributed by atoms with Crippen molar-refractivity contribution in [2.75, 3.05) is 13.1 Å². The van der Waals surface area contributed by atoms with Crippen molar-refractivity contribution in [3.05, 3.63) is 35.4 Å². The largest absolute Gasteiger partial charge is 0.317 e. The molecule has 0 bridgehead atoms.